The van der Waals surface area contributed by atoms with Gasteiger partial charge in [-0.2, -0.15) is 0 Å². The molecule has 0 radical (unpaired) electrons. The molecule has 0 aromatic heterocycles. The van der Waals surface area contributed by atoms with Crippen molar-refractivity contribution in [3.05, 3.63) is 35.9 Å². The molecule has 4 aliphatic rings. The van der Waals surface area contributed by atoms with Crippen LogP contribution in [0.25, 0.3) is 0 Å². The van der Waals surface area contributed by atoms with Gasteiger partial charge in [0.2, 0.25) is 5.91 Å². The van der Waals surface area contributed by atoms with Crippen LogP contribution >= 0.6 is 0 Å². The molecule has 1 aromatic carbocycles. The maximum atomic E-state index is 13.6. The van der Waals surface area contributed by atoms with E-state index in [2.05, 4.69) is 48.6 Å². The standard InChI is InChI=1S/C26H38N4O4/c1-28(2)26(20-7-4-3-5-8-20)13-11-24(12-14-26)18-29(15-22(31)27-21-16-34-17-21)23(32)30(24)19-25(33)9-6-10-25/h3-5,7-8,21,33H,6,9-19H2,1-2H3,(H,27,31)/t24-,26+. The molecule has 1 spiro atoms. The van der Waals surface area contributed by atoms with Gasteiger partial charge in [0.25, 0.3) is 0 Å². The van der Waals surface area contributed by atoms with Gasteiger partial charge in [-0.3, -0.25) is 9.69 Å². The van der Waals surface area contributed by atoms with E-state index in [1.165, 1.54) is 5.56 Å². The van der Waals surface area contributed by atoms with Gasteiger partial charge in [0, 0.05) is 12.1 Å². The third-order valence-electron chi connectivity index (χ3n) is 8.81. The summed E-state index contributed by atoms with van der Waals surface area (Å²) in [6.07, 6.45) is 6.00. The lowest BCUT2D eigenvalue weighted by Gasteiger charge is -2.52. The molecule has 4 fully saturated rings. The zero-order chi connectivity index (χ0) is 24.0. The lowest BCUT2D eigenvalue weighted by Crippen LogP contribution is -2.59. The summed E-state index contributed by atoms with van der Waals surface area (Å²) in [6, 6.07) is 10.6. The fraction of sp³-hybridized carbons (Fsp3) is 0.692. The molecule has 2 aliphatic heterocycles. The molecule has 2 aliphatic carbocycles. The first-order valence-corrected chi connectivity index (χ1v) is 12.6. The molecule has 2 heterocycles. The van der Waals surface area contributed by atoms with Crippen molar-refractivity contribution in [3.63, 3.8) is 0 Å². The van der Waals surface area contributed by atoms with E-state index in [1.807, 2.05) is 11.0 Å². The predicted octanol–water partition coefficient (Wildman–Crippen LogP) is 1.92. The Morgan fingerprint density at radius 1 is 1.12 bits per heavy atom. The van der Waals surface area contributed by atoms with Gasteiger partial charge in [0.05, 0.1) is 36.9 Å². The number of amides is 3. The number of urea groups is 1. The summed E-state index contributed by atoms with van der Waals surface area (Å²) in [5.74, 6) is -0.135. The molecule has 8 nitrogen and oxygen atoms in total. The molecule has 5 rings (SSSR count). The zero-order valence-corrected chi connectivity index (χ0v) is 20.5. The van der Waals surface area contributed by atoms with E-state index < -0.39 is 5.60 Å². The maximum absolute atomic E-state index is 13.6. The van der Waals surface area contributed by atoms with Crippen molar-refractivity contribution in [2.45, 2.75) is 67.7 Å². The van der Waals surface area contributed by atoms with Crippen molar-refractivity contribution >= 4 is 11.9 Å². The van der Waals surface area contributed by atoms with Gasteiger partial charge >= 0.3 is 6.03 Å². The van der Waals surface area contributed by atoms with E-state index in [9.17, 15) is 14.7 Å². The number of aliphatic hydroxyl groups is 1. The Morgan fingerprint density at radius 2 is 1.79 bits per heavy atom. The minimum Gasteiger partial charge on any atom is -0.388 e. The lowest BCUT2D eigenvalue weighted by molar-refractivity contribution is -0.125. The normalized spacial score (nSPS) is 31.0. The number of hydrogen-bond acceptors (Lipinski definition) is 5. The van der Waals surface area contributed by atoms with Crippen molar-refractivity contribution in [2.24, 2.45) is 0 Å². The highest BCUT2D eigenvalue weighted by molar-refractivity contribution is 5.86. The van der Waals surface area contributed by atoms with Crippen LogP contribution in [-0.2, 0) is 15.1 Å². The van der Waals surface area contributed by atoms with Crippen LogP contribution < -0.4 is 5.32 Å². The quantitative estimate of drug-likeness (QED) is 0.636. The van der Waals surface area contributed by atoms with E-state index in [0.717, 1.165) is 44.9 Å². The molecule has 34 heavy (non-hydrogen) atoms. The largest absolute Gasteiger partial charge is 0.388 e. The van der Waals surface area contributed by atoms with Gasteiger partial charge in [-0.15, -0.1) is 0 Å². The van der Waals surface area contributed by atoms with Gasteiger partial charge < -0.3 is 25.0 Å². The van der Waals surface area contributed by atoms with Crippen LogP contribution in [-0.4, -0.2) is 95.9 Å². The van der Waals surface area contributed by atoms with Crippen molar-refractivity contribution in [1.29, 1.82) is 0 Å². The highest BCUT2D eigenvalue weighted by Gasteiger charge is 2.56. The monoisotopic (exact) mass is 470 g/mol. The zero-order valence-electron chi connectivity index (χ0n) is 20.5. The number of ether oxygens (including phenoxy) is 1. The average molecular weight is 471 g/mol. The number of hydrogen-bond donors (Lipinski definition) is 2. The van der Waals surface area contributed by atoms with Crippen molar-refractivity contribution in [2.75, 3.05) is 46.9 Å². The number of carbonyl (C=O) groups is 2. The van der Waals surface area contributed by atoms with Crippen LogP contribution in [0.5, 0.6) is 0 Å². The summed E-state index contributed by atoms with van der Waals surface area (Å²) < 4.78 is 5.15. The molecule has 186 valence electrons. The second-order valence-corrected chi connectivity index (χ2v) is 11.1. The van der Waals surface area contributed by atoms with Gasteiger partial charge in [0.1, 0.15) is 6.54 Å². The molecule has 2 saturated heterocycles. The summed E-state index contributed by atoms with van der Waals surface area (Å²) in [5.41, 5.74) is 0.0853. The second-order valence-electron chi connectivity index (χ2n) is 11.1. The van der Waals surface area contributed by atoms with Crippen molar-refractivity contribution in [3.8, 4) is 0 Å². The highest BCUT2D eigenvalue weighted by Crippen LogP contribution is 2.50. The van der Waals surface area contributed by atoms with Crippen LogP contribution in [0, 0.1) is 0 Å². The Bertz CT molecular complexity index is 905. The van der Waals surface area contributed by atoms with Crippen molar-refractivity contribution in [1.82, 2.24) is 20.0 Å². The Balaban J connectivity index is 1.36. The van der Waals surface area contributed by atoms with Crippen LogP contribution in [0.2, 0.25) is 0 Å². The van der Waals surface area contributed by atoms with Gasteiger partial charge in [-0.05, 0) is 64.6 Å². The van der Waals surface area contributed by atoms with Crippen LogP contribution in [0.1, 0.15) is 50.5 Å². The maximum Gasteiger partial charge on any atom is 0.321 e. The molecule has 2 saturated carbocycles. The number of carbonyl (C=O) groups excluding carboxylic acids is 2. The SMILES string of the molecule is CN(C)[C@]1(c2ccccc2)CC[C@]2(CC1)CN(CC(=O)NC1COC1)C(=O)N2CC1(O)CCC1. The fourth-order valence-electron chi connectivity index (χ4n) is 6.34. The Hall–Kier alpha value is -2.16. The lowest BCUT2D eigenvalue weighted by atomic mass is 9.67. The van der Waals surface area contributed by atoms with Gasteiger partial charge in [-0.1, -0.05) is 30.3 Å². The molecule has 2 N–H and O–H groups in total. The molecule has 0 bridgehead atoms. The predicted molar refractivity (Wildman–Crippen MR) is 128 cm³/mol. The number of nitrogens with zero attached hydrogens (tertiary/aromatic N) is 3. The van der Waals surface area contributed by atoms with Crippen molar-refractivity contribution < 1.29 is 19.4 Å². The van der Waals surface area contributed by atoms with Gasteiger partial charge in [-0.25, -0.2) is 4.79 Å². The number of nitrogens with one attached hydrogen (secondary N) is 1. The minimum absolute atomic E-state index is 0.0483. The second kappa shape index (κ2) is 8.81. The highest BCUT2D eigenvalue weighted by atomic mass is 16.5. The molecule has 3 amide bonds. The Morgan fingerprint density at radius 3 is 2.32 bits per heavy atom. The number of rotatable bonds is 7. The Kier molecular flexibility index (Phi) is 6.11. The molecule has 0 unspecified atom stereocenters. The topological polar surface area (TPSA) is 85.4 Å². The van der Waals surface area contributed by atoms with Crippen LogP contribution in [0.15, 0.2) is 30.3 Å². The first-order chi connectivity index (χ1) is 16.3. The van der Waals surface area contributed by atoms with Crippen LogP contribution in [0.3, 0.4) is 0 Å². The molecular formula is C26H38N4O4. The number of β-amino-alcohol motifs (C(OH)–C–C–N with tert-alkyl or cyclic N) is 1. The van der Waals surface area contributed by atoms with E-state index >= 15 is 0 Å². The van der Waals surface area contributed by atoms with E-state index in [1.54, 1.807) is 4.90 Å². The Labute approximate surface area is 202 Å². The first kappa shape index (κ1) is 23.6. The molecular weight excluding hydrogens is 432 g/mol. The molecule has 1 aromatic rings. The smallest absolute Gasteiger partial charge is 0.321 e. The fourth-order valence-corrected chi connectivity index (χ4v) is 6.34. The summed E-state index contributed by atoms with van der Waals surface area (Å²) in [4.78, 5) is 32.2. The molecule has 0 atom stereocenters. The minimum atomic E-state index is -0.792. The third kappa shape index (κ3) is 4.10. The summed E-state index contributed by atoms with van der Waals surface area (Å²) in [7, 11) is 4.28. The van der Waals surface area contributed by atoms with E-state index in [4.69, 9.17) is 4.74 Å². The number of benzene rings is 1. The van der Waals surface area contributed by atoms with E-state index in [0.29, 0.717) is 26.3 Å². The van der Waals surface area contributed by atoms with Gasteiger partial charge in [0.15, 0.2) is 0 Å². The third-order valence-corrected chi connectivity index (χ3v) is 8.81. The average Bonchev–Trinajstić information content (AvgIpc) is 3.01. The molecule has 8 heteroatoms. The summed E-state index contributed by atoms with van der Waals surface area (Å²) in [6.45, 7) is 2.03. The summed E-state index contributed by atoms with van der Waals surface area (Å²) >= 11 is 0. The summed E-state index contributed by atoms with van der Waals surface area (Å²) in [5, 5.41) is 13.9. The van der Waals surface area contributed by atoms with E-state index in [-0.39, 0.29) is 35.6 Å². The van der Waals surface area contributed by atoms with Crippen LogP contribution in [0.4, 0.5) is 4.79 Å². The first-order valence-electron chi connectivity index (χ1n) is 12.6.